The zero-order chi connectivity index (χ0) is 15.1. The minimum Gasteiger partial charge on any atom is -0.496 e. The Kier molecular flexibility index (Phi) is 6.40. The van der Waals surface area contributed by atoms with Gasteiger partial charge in [0.15, 0.2) is 0 Å². The zero-order valence-electron chi connectivity index (χ0n) is 12.0. The van der Waals surface area contributed by atoms with E-state index in [0.717, 1.165) is 35.3 Å². The van der Waals surface area contributed by atoms with Crippen molar-refractivity contribution in [3.8, 4) is 5.75 Å². The van der Waals surface area contributed by atoms with Gasteiger partial charge in [0.1, 0.15) is 5.75 Å². The topological polar surface area (TPSA) is 21.3 Å². The second kappa shape index (κ2) is 8.30. The molecular formula is C17H19BrClNO. The molecule has 0 saturated heterocycles. The molecule has 4 heteroatoms. The van der Waals surface area contributed by atoms with Crippen LogP contribution in [0.15, 0.2) is 46.9 Å². The summed E-state index contributed by atoms with van der Waals surface area (Å²) in [4.78, 5) is 0. The van der Waals surface area contributed by atoms with Gasteiger partial charge < -0.3 is 10.1 Å². The highest BCUT2D eigenvalue weighted by Crippen LogP contribution is 2.26. The van der Waals surface area contributed by atoms with Gasteiger partial charge in [0.25, 0.3) is 0 Å². The fraction of sp³-hybridized carbons (Fsp3) is 0.294. The van der Waals surface area contributed by atoms with Crippen LogP contribution in [0.3, 0.4) is 0 Å². The smallest absolute Gasteiger partial charge is 0.133 e. The summed E-state index contributed by atoms with van der Waals surface area (Å²) in [6.07, 6.45) is 2.03. The molecule has 0 spiro atoms. The largest absolute Gasteiger partial charge is 0.496 e. The molecule has 0 heterocycles. The molecule has 2 aromatic rings. The maximum Gasteiger partial charge on any atom is 0.133 e. The lowest BCUT2D eigenvalue weighted by atomic mass is 10.1. The maximum atomic E-state index is 5.74. The van der Waals surface area contributed by atoms with Crippen LogP contribution in [0.25, 0.3) is 0 Å². The molecule has 0 unspecified atom stereocenters. The van der Waals surface area contributed by atoms with E-state index in [1.165, 1.54) is 11.1 Å². The Balaban J connectivity index is 1.97. The van der Waals surface area contributed by atoms with Crippen molar-refractivity contribution in [2.24, 2.45) is 0 Å². The van der Waals surface area contributed by atoms with Crippen LogP contribution in [0.5, 0.6) is 5.75 Å². The lowest BCUT2D eigenvalue weighted by Gasteiger charge is -2.10. The fourth-order valence-corrected chi connectivity index (χ4v) is 2.85. The van der Waals surface area contributed by atoms with Gasteiger partial charge in [0.05, 0.1) is 11.6 Å². The van der Waals surface area contributed by atoms with Gasteiger partial charge in [0, 0.05) is 18.1 Å². The van der Waals surface area contributed by atoms with E-state index in [-0.39, 0.29) is 0 Å². The van der Waals surface area contributed by atoms with Crippen LogP contribution in [0.4, 0.5) is 5.69 Å². The van der Waals surface area contributed by atoms with Crippen LogP contribution in [0.1, 0.15) is 17.5 Å². The molecule has 0 amide bonds. The molecule has 0 atom stereocenters. The second-order valence-corrected chi connectivity index (χ2v) is 6.05. The third-order valence-corrected chi connectivity index (χ3v) is 4.13. The Labute approximate surface area is 139 Å². The summed E-state index contributed by atoms with van der Waals surface area (Å²) in [5, 5.41) is 3.45. The van der Waals surface area contributed by atoms with Crippen molar-refractivity contribution in [1.82, 2.24) is 0 Å². The van der Waals surface area contributed by atoms with Crippen molar-refractivity contribution in [3.05, 3.63) is 58.1 Å². The maximum absolute atomic E-state index is 5.74. The number of rotatable bonds is 7. The molecule has 112 valence electrons. The van der Waals surface area contributed by atoms with Crippen LogP contribution in [0, 0.1) is 0 Å². The Morgan fingerprint density at radius 1 is 1.14 bits per heavy atom. The lowest BCUT2D eigenvalue weighted by Crippen LogP contribution is -2.00. The molecule has 1 N–H and O–H groups in total. The number of benzene rings is 2. The molecule has 0 aliphatic heterocycles. The first-order valence-corrected chi connectivity index (χ1v) is 8.27. The van der Waals surface area contributed by atoms with Crippen molar-refractivity contribution < 1.29 is 4.74 Å². The van der Waals surface area contributed by atoms with E-state index in [1.807, 2.05) is 6.07 Å². The van der Waals surface area contributed by atoms with E-state index in [1.54, 1.807) is 7.11 Å². The van der Waals surface area contributed by atoms with E-state index in [2.05, 4.69) is 57.6 Å². The average molecular weight is 369 g/mol. The number of nitrogens with one attached hydrogen (secondary N) is 1. The monoisotopic (exact) mass is 367 g/mol. The Morgan fingerprint density at radius 2 is 2.00 bits per heavy atom. The zero-order valence-corrected chi connectivity index (χ0v) is 14.4. The number of ether oxygens (including phenoxy) is 1. The first kappa shape index (κ1) is 16.2. The molecule has 0 aliphatic carbocycles. The standard InChI is InChI=1S/C17H19BrClNO/c1-21-17-8-7-14(11-16(17)18)12-20-15-6-2-4-13(10-15)5-3-9-19/h2,4,6-8,10-11,20H,3,5,9,12H2,1H3. The van der Waals surface area contributed by atoms with Gasteiger partial charge in [0.2, 0.25) is 0 Å². The molecule has 2 aromatic carbocycles. The summed E-state index contributed by atoms with van der Waals surface area (Å²) in [5.41, 5.74) is 3.65. The molecule has 0 aliphatic rings. The van der Waals surface area contributed by atoms with Crippen LogP contribution in [0.2, 0.25) is 0 Å². The number of aryl methyl sites for hydroxylation is 1. The van der Waals surface area contributed by atoms with E-state index in [0.29, 0.717) is 5.88 Å². The predicted octanol–water partition coefficient (Wildman–Crippen LogP) is 5.24. The number of alkyl halides is 1. The first-order chi connectivity index (χ1) is 10.2. The van der Waals surface area contributed by atoms with Crippen LogP contribution in [-0.2, 0) is 13.0 Å². The van der Waals surface area contributed by atoms with Gasteiger partial charge >= 0.3 is 0 Å². The van der Waals surface area contributed by atoms with E-state index in [9.17, 15) is 0 Å². The minimum atomic E-state index is 0.706. The Bertz CT molecular complexity index is 589. The van der Waals surface area contributed by atoms with Crippen molar-refractivity contribution in [1.29, 1.82) is 0 Å². The van der Waals surface area contributed by atoms with Gasteiger partial charge in [-0.25, -0.2) is 0 Å². The van der Waals surface area contributed by atoms with E-state index in [4.69, 9.17) is 16.3 Å². The van der Waals surface area contributed by atoms with Crippen LogP contribution in [-0.4, -0.2) is 13.0 Å². The number of anilines is 1. The number of methoxy groups -OCH3 is 1. The van der Waals surface area contributed by atoms with Gasteiger partial charge in [-0.05, 0) is 64.2 Å². The predicted molar refractivity (Wildman–Crippen MR) is 93.5 cm³/mol. The van der Waals surface area contributed by atoms with Crippen molar-refractivity contribution >= 4 is 33.2 Å². The van der Waals surface area contributed by atoms with Gasteiger partial charge in [-0.1, -0.05) is 18.2 Å². The van der Waals surface area contributed by atoms with Crippen LogP contribution >= 0.6 is 27.5 Å². The minimum absolute atomic E-state index is 0.706. The van der Waals surface area contributed by atoms with E-state index >= 15 is 0 Å². The molecule has 0 fully saturated rings. The lowest BCUT2D eigenvalue weighted by molar-refractivity contribution is 0.412. The summed E-state index contributed by atoms with van der Waals surface area (Å²) in [7, 11) is 1.67. The first-order valence-electron chi connectivity index (χ1n) is 6.94. The summed E-state index contributed by atoms with van der Waals surface area (Å²) in [6.45, 7) is 0.779. The normalized spacial score (nSPS) is 10.4. The molecule has 2 nitrogen and oxygen atoms in total. The molecule has 0 aromatic heterocycles. The average Bonchev–Trinajstić information content (AvgIpc) is 2.51. The highest BCUT2D eigenvalue weighted by Gasteiger charge is 2.02. The third-order valence-electron chi connectivity index (χ3n) is 3.24. The van der Waals surface area contributed by atoms with Crippen LogP contribution < -0.4 is 10.1 Å². The highest BCUT2D eigenvalue weighted by atomic mass is 79.9. The Morgan fingerprint density at radius 3 is 2.71 bits per heavy atom. The quantitative estimate of drug-likeness (QED) is 0.675. The molecule has 2 rings (SSSR count). The Hall–Kier alpha value is -1.19. The molecule has 0 bridgehead atoms. The number of hydrogen-bond acceptors (Lipinski definition) is 2. The number of halogens is 2. The molecule has 0 radical (unpaired) electrons. The summed E-state index contributed by atoms with van der Waals surface area (Å²) < 4.78 is 6.21. The highest BCUT2D eigenvalue weighted by molar-refractivity contribution is 9.10. The summed E-state index contributed by atoms with van der Waals surface area (Å²) in [6, 6.07) is 14.6. The SMILES string of the molecule is COc1ccc(CNc2cccc(CCCCl)c2)cc1Br. The molecule has 21 heavy (non-hydrogen) atoms. The van der Waals surface area contributed by atoms with Gasteiger partial charge in [-0.2, -0.15) is 0 Å². The van der Waals surface area contributed by atoms with Gasteiger partial charge in [-0.3, -0.25) is 0 Å². The van der Waals surface area contributed by atoms with E-state index < -0.39 is 0 Å². The van der Waals surface area contributed by atoms with Gasteiger partial charge in [-0.15, -0.1) is 11.6 Å². The second-order valence-electron chi connectivity index (χ2n) is 4.82. The van der Waals surface area contributed by atoms with Crippen molar-refractivity contribution in [2.75, 3.05) is 18.3 Å². The summed E-state index contributed by atoms with van der Waals surface area (Å²) in [5.74, 6) is 1.55. The number of hydrogen-bond donors (Lipinski definition) is 1. The van der Waals surface area contributed by atoms with Crippen molar-refractivity contribution in [2.45, 2.75) is 19.4 Å². The van der Waals surface area contributed by atoms with Crippen molar-refractivity contribution in [3.63, 3.8) is 0 Å². The summed E-state index contributed by atoms with van der Waals surface area (Å²) >= 11 is 9.25. The molecular weight excluding hydrogens is 350 g/mol. The third kappa shape index (κ3) is 4.94. The fourth-order valence-electron chi connectivity index (χ4n) is 2.13. The molecule has 0 saturated carbocycles.